The van der Waals surface area contributed by atoms with Crippen molar-refractivity contribution in [2.75, 3.05) is 17.1 Å². The van der Waals surface area contributed by atoms with E-state index in [-0.39, 0.29) is 24.9 Å². The molecule has 3 aromatic rings. The van der Waals surface area contributed by atoms with E-state index in [4.69, 9.17) is 23.2 Å². The molecule has 0 saturated heterocycles. The summed E-state index contributed by atoms with van der Waals surface area (Å²) in [5, 5.41) is 4.00. The number of hydrogen-bond acceptors (Lipinski definition) is 4. The smallest absolute Gasteiger partial charge is 0.244 e. The fourth-order valence-corrected chi connectivity index (χ4v) is 6.93. The van der Waals surface area contributed by atoms with Gasteiger partial charge < -0.3 is 10.2 Å². The molecule has 0 aliphatic heterocycles. The summed E-state index contributed by atoms with van der Waals surface area (Å²) in [6.45, 7) is 1.46. The molecule has 1 aliphatic carbocycles. The highest BCUT2D eigenvalue weighted by molar-refractivity contribution is 7.92. The van der Waals surface area contributed by atoms with Gasteiger partial charge in [-0.1, -0.05) is 104 Å². The van der Waals surface area contributed by atoms with E-state index in [1.807, 2.05) is 49.4 Å². The zero-order valence-electron chi connectivity index (χ0n) is 24.6. The van der Waals surface area contributed by atoms with E-state index in [0.717, 1.165) is 53.8 Å². The molecule has 0 aromatic heterocycles. The fourth-order valence-electron chi connectivity index (χ4n) is 5.58. The van der Waals surface area contributed by atoms with Gasteiger partial charge >= 0.3 is 0 Å². The third-order valence-electron chi connectivity index (χ3n) is 7.90. The highest BCUT2D eigenvalue weighted by Crippen LogP contribution is 2.27. The van der Waals surface area contributed by atoms with Gasteiger partial charge in [-0.05, 0) is 54.2 Å². The highest BCUT2D eigenvalue weighted by Gasteiger charge is 2.34. The molecule has 0 heterocycles. The first-order valence-electron chi connectivity index (χ1n) is 14.7. The molecular weight excluding hydrogens is 605 g/mol. The summed E-state index contributed by atoms with van der Waals surface area (Å²) >= 11 is 12.7. The number of carbonyl (C=O) groups is 2. The summed E-state index contributed by atoms with van der Waals surface area (Å²) in [6, 6.07) is 20.8. The summed E-state index contributed by atoms with van der Waals surface area (Å²) in [5.41, 5.74) is 2.71. The van der Waals surface area contributed by atoms with E-state index >= 15 is 0 Å². The number of rotatable bonds is 12. The summed E-state index contributed by atoms with van der Waals surface area (Å²) < 4.78 is 27.3. The van der Waals surface area contributed by atoms with Gasteiger partial charge in [-0.15, -0.1) is 0 Å². The maximum atomic E-state index is 14.4. The summed E-state index contributed by atoms with van der Waals surface area (Å²) in [4.78, 5) is 29.9. The van der Waals surface area contributed by atoms with E-state index < -0.39 is 28.5 Å². The maximum absolute atomic E-state index is 14.4. The van der Waals surface area contributed by atoms with Gasteiger partial charge in [0.2, 0.25) is 21.8 Å². The van der Waals surface area contributed by atoms with Crippen LogP contribution in [0.4, 0.5) is 5.69 Å². The Balaban J connectivity index is 1.76. The first-order chi connectivity index (χ1) is 20.6. The summed E-state index contributed by atoms with van der Waals surface area (Å²) in [6.07, 6.45) is 6.91. The first kappa shape index (κ1) is 32.8. The van der Waals surface area contributed by atoms with Crippen molar-refractivity contribution in [3.05, 3.63) is 99.5 Å². The van der Waals surface area contributed by atoms with Crippen molar-refractivity contribution in [3.8, 4) is 0 Å². The predicted molar refractivity (Wildman–Crippen MR) is 174 cm³/mol. The second-order valence-corrected chi connectivity index (χ2v) is 13.8. The van der Waals surface area contributed by atoms with Gasteiger partial charge in [0.25, 0.3) is 0 Å². The van der Waals surface area contributed by atoms with Crippen LogP contribution in [0.25, 0.3) is 0 Å². The van der Waals surface area contributed by atoms with E-state index in [1.54, 1.807) is 30.3 Å². The molecule has 0 spiro atoms. The van der Waals surface area contributed by atoms with Crippen LogP contribution in [-0.2, 0) is 39.0 Å². The van der Waals surface area contributed by atoms with Gasteiger partial charge in [-0.2, -0.15) is 0 Å². The van der Waals surface area contributed by atoms with Gasteiger partial charge in [0.05, 0.1) is 11.9 Å². The van der Waals surface area contributed by atoms with E-state index in [0.29, 0.717) is 27.7 Å². The van der Waals surface area contributed by atoms with Gasteiger partial charge in [-0.25, -0.2) is 8.42 Å². The number of nitrogens with one attached hydrogen (secondary N) is 1. The molecule has 43 heavy (non-hydrogen) atoms. The largest absolute Gasteiger partial charge is 0.352 e. The van der Waals surface area contributed by atoms with Crippen LogP contribution in [0.1, 0.15) is 55.7 Å². The minimum absolute atomic E-state index is 0.00253. The van der Waals surface area contributed by atoms with Crippen molar-refractivity contribution in [1.82, 2.24) is 10.2 Å². The first-order valence-corrected chi connectivity index (χ1v) is 17.3. The molecule has 4 rings (SSSR count). The Morgan fingerprint density at radius 2 is 1.60 bits per heavy atom. The molecule has 1 fully saturated rings. The average molecular weight is 645 g/mol. The number of benzene rings is 3. The monoisotopic (exact) mass is 643 g/mol. The predicted octanol–water partition coefficient (Wildman–Crippen LogP) is 6.41. The van der Waals surface area contributed by atoms with Crippen LogP contribution in [0.5, 0.6) is 0 Å². The van der Waals surface area contributed by atoms with Crippen LogP contribution in [0.3, 0.4) is 0 Å². The molecule has 1 N–H and O–H groups in total. The highest BCUT2D eigenvalue weighted by atomic mass is 35.5. The number of para-hydroxylation sites is 1. The molecule has 1 saturated carbocycles. The van der Waals surface area contributed by atoms with Crippen LogP contribution >= 0.6 is 23.2 Å². The summed E-state index contributed by atoms with van der Waals surface area (Å²) in [5.74, 6) is -0.781. The number of hydrogen-bond donors (Lipinski definition) is 1. The lowest BCUT2D eigenvalue weighted by atomic mass is 9.94. The number of halogens is 2. The second-order valence-electron chi connectivity index (χ2n) is 11.1. The Hall–Kier alpha value is -3.07. The van der Waals surface area contributed by atoms with Crippen LogP contribution in [-0.4, -0.2) is 50.0 Å². The van der Waals surface area contributed by atoms with Crippen LogP contribution in [0.15, 0.2) is 72.8 Å². The molecule has 0 unspecified atom stereocenters. The molecule has 3 aromatic carbocycles. The van der Waals surface area contributed by atoms with Crippen molar-refractivity contribution >= 4 is 50.7 Å². The molecule has 1 aliphatic rings. The molecule has 230 valence electrons. The summed E-state index contributed by atoms with van der Waals surface area (Å²) in [7, 11) is -3.85. The van der Waals surface area contributed by atoms with Crippen molar-refractivity contribution in [2.45, 2.75) is 70.5 Å². The van der Waals surface area contributed by atoms with Crippen LogP contribution in [0.2, 0.25) is 10.0 Å². The van der Waals surface area contributed by atoms with Crippen molar-refractivity contribution in [2.24, 2.45) is 0 Å². The fraction of sp³-hybridized carbons (Fsp3) is 0.394. The number of amides is 2. The van der Waals surface area contributed by atoms with E-state index in [9.17, 15) is 18.0 Å². The topological polar surface area (TPSA) is 86.8 Å². The molecule has 7 nitrogen and oxygen atoms in total. The minimum Gasteiger partial charge on any atom is -0.352 e. The van der Waals surface area contributed by atoms with Crippen LogP contribution in [0, 0.1) is 0 Å². The molecule has 2 amide bonds. The van der Waals surface area contributed by atoms with Crippen molar-refractivity contribution in [3.63, 3.8) is 0 Å². The van der Waals surface area contributed by atoms with Gasteiger partial charge in [0, 0.05) is 29.1 Å². The Kier molecular flexibility index (Phi) is 11.5. The maximum Gasteiger partial charge on any atom is 0.244 e. The Bertz CT molecular complexity index is 1510. The Labute approximate surface area is 265 Å². The minimum atomic E-state index is -3.85. The standard InChI is InChI=1S/C33H39Cl2N3O4S/c1-3-25-14-10-11-17-30(25)38(43(2,41)42)23-32(39)37(22-26-18-19-27(34)21-29(26)35)31(20-24-12-6-4-7-13-24)33(40)36-28-15-8-5-9-16-28/h4,6-7,10-14,17-19,21,28,31H,3,5,8-9,15-16,20,22-23H2,1-2H3,(H,36,40)/t31-/m0/s1. The number of anilines is 1. The van der Waals surface area contributed by atoms with Gasteiger partial charge in [-0.3, -0.25) is 13.9 Å². The number of carbonyl (C=O) groups excluding carboxylic acids is 2. The lowest BCUT2D eigenvalue weighted by Crippen LogP contribution is -2.55. The molecule has 1 atom stereocenters. The van der Waals surface area contributed by atoms with Gasteiger partial charge in [0.1, 0.15) is 12.6 Å². The lowest BCUT2D eigenvalue weighted by molar-refractivity contribution is -0.140. The number of aryl methyl sites for hydroxylation is 1. The normalized spacial score (nSPS) is 14.6. The van der Waals surface area contributed by atoms with Gasteiger partial charge in [0.15, 0.2) is 0 Å². The van der Waals surface area contributed by atoms with Crippen LogP contribution < -0.4 is 9.62 Å². The number of nitrogens with zero attached hydrogens (tertiary/aromatic N) is 2. The second kappa shape index (κ2) is 15.1. The van der Waals surface area contributed by atoms with E-state index in [2.05, 4.69) is 5.32 Å². The third-order valence-corrected chi connectivity index (χ3v) is 9.61. The zero-order valence-corrected chi connectivity index (χ0v) is 27.0. The quantitative estimate of drug-likeness (QED) is 0.247. The Morgan fingerprint density at radius 1 is 0.930 bits per heavy atom. The van der Waals surface area contributed by atoms with E-state index in [1.165, 1.54) is 4.90 Å². The Morgan fingerprint density at radius 3 is 2.26 bits per heavy atom. The SMILES string of the molecule is CCc1ccccc1N(CC(=O)N(Cc1ccc(Cl)cc1Cl)[C@@H](Cc1ccccc1)C(=O)NC1CCCCC1)S(C)(=O)=O. The molecule has 0 radical (unpaired) electrons. The third kappa shape index (κ3) is 8.97. The average Bonchev–Trinajstić information content (AvgIpc) is 2.99. The lowest BCUT2D eigenvalue weighted by Gasteiger charge is -2.35. The zero-order chi connectivity index (χ0) is 31.0. The van der Waals surface area contributed by atoms with Crippen molar-refractivity contribution < 1.29 is 18.0 Å². The molecule has 10 heteroatoms. The molecular formula is C33H39Cl2N3O4S. The number of sulfonamides is 1. The van der Waals surface area contributed by atoms with Crippen molar-refractivity contribution in [1.29, 1.82) is 0 Å². The molecule has 0 bridgehead atoms.